The van der Waals surface area contributed by atoms with Gasteiger partial charge in [0.15, 0.2) is 4.80 Å². The number of hydrogen-bond acceptors (Lipinski definition) is 5. The molecule has 1 aliphatic heterocycles. The molecule has 1 atom stereocenters. The normalized spacial score (nSPS) is 16.0. The molecule has 6 nitrogen and oxygen atoms in total. The van der Waals surface area contributed by atoms with Crippen LogP contribution in [-0.4, -0.2) is 33.4 Å². The van der Waals surface area contributed by atoms with Crippen LogP contribution in [0.1, 0.15) is 37.9 Å². The molecule has 0 spiro atoms. The molecule has 1 amide bonds. The molecule has 0 aliphatic carbocycles. The summed E-state index contributed by atoms with van der Waals surface area (Å²) >= 11 is 7.43. The molecule has 3 aromatic rings. The molecule has 2 aromatic heterocycles. The number of nitrogens with zero attached hydrogens (tertiary/aromatic N) is 4. The average molecular weight is 467 g/mol. The van der Waals surface area contributed by atoms with Gasteiger partial charge in [0.05, 0.1) is 21.8 Å². The second-order valence-electron chi connectivity index (χ2n) is 7.40. The Hall–Kier alpha value is -3.03. The average Bonchev–Trinajstić information content (AvgIpc) is 3.09. The van der Waals surface area contributed by atoms with Gasteiger partial charge in [0.2, 0.25) is 0 Å². The summed E-state index contributed by atoms with van der Waals surface area (Å²) in [4.78, 5) is 38.1. The van der Waals surface area contributed by atoms with Gasteiger partial charge in [0, 0.05) is 30.5 Å². The molecule has 32 heavy (non-hydrogen) atoms. The third-order valence-electron chi connectivity index (χ3n) is 5.47. The van der Waals surface area contributed by atoms with Crippen LogP contribution < -0.4 is 14.9 Å². The number of rotatable bonds is 5. The molecule has 0 radical (unpaired) electrons. The van der Waals surface area contributed by atoms with E-state index in [9.17, 15) is 9.59 Å². The Morgan fingerprint density at radius 2 is 1.94 bits per heavy atom. The van der Waals surface area contributed by atoms with Crippen LogP contribution in [0.2, 0.25) is 5.02 Å². The zero-order valence-electron chi connectivity index (χ0n) is 18.1. The molecule has 1 aromatic carbocycles. The third kappa shape index (κ3) is 4.06. The minimum absolute atomic E-state index is 0.113. The van der Waals surface area contributed by atoms with Gasteiger partial charge in [0.1, 0.15) is 0 Å². The van der Waals surface area contributed by atoms with Crippen LogP contribution in [0.5, 0.6) is 0 Å². The highest BCUT2D eigenvalue weighted by Crippen LogP contribution is 2.31. The van der Waals surface area contributed by atoms with E-state index in [-0.39, 0.29) is 11.5 Å². The Bertz CT molecular complexity index is 1350. The Morgan fingerprint density at radius 3 is 2.56 bits per heavy atom. The van der Waals surface area contributed by atoms with Crippen molar-refractivity contribution in [3.63, 3.8) is 0 Å². The number of carbonyl (C=O) groups is 1. The molecular formula is C24H23ClN4O2S. The van der Waals surface area contributed by atoms with Crippen molar-refractivity contribution in [3.05, 3.63) is 95.9 Å². The van der Waals surface area contributed by atoms with E-state index in [2.05, 4.69) is 9.98 Å². The monoisotopic (exact) mass is 466 g/mol. The molecule has 0 N–H and O–H groups in total. The molecular weight excluding hydrogens is 444 g/mol. The molecule has 3 heterocycles. The van der Waals surface area contributed by atoms with Crippen molar-refractivity contribution in [1.82, 2.24) is 14.5 Å². The lowest BCUT2D eigenvalue weighted by Gasteiger charge is -2.29. The Labute approximate surface area is 194 Å². The maximum Gasteiger partial charge on any atom is 0.271 e. The number of hydrogen-bond donors (Lipinski definition) is 0. The highest BCUT2D eigenvalue weighted by Gasteiger charge is 2.34. The predicted octanol–water partition coefficient (Wildman–Crippen LogP) is 3.15. The second kappa shape index (κ2) is 9.22. The number of benzene rings is 1. The molecule has 4 rings (SSSR count). The fourth-order valence-corrected chi connectivity index (χ4v) is 5.02. The summed E-state index contributed by atoms with van der Waals surface area (Å²) in [5.74, 6) is -0.113. The van der Waals surface area contributed by atoms with E-state index in [1.165, 1.54) is 11.3 Å². The van der Waals surface area contributed by atoms with Gasteiger partial charge >= 0.3 is 0 Å². The Balaban J connectivity index is 1.96. The van der Waals surface area contributed by atoms with Gasteiger partial charge in [-0.2, -0.15) is 0 Å². The first-order valence-electron chi connectivity index (χ1n) is 10.4. The first-order valence-corrected chi connectivity index (χ1v) is 11.6. The van der Waals surface area contributed by atoms with Crippen molar-refractivity contribution in [2.75, 3.05) is 13.1 Å². The van der Waals surface area contributed by atoms with Crippen LogP contribution in [0.3, 0.4) is 0 Å². The predicted molar refractivity (Wildman–Crippen MR) is 127 cm³/mol. The van der Waals surface area contributed by atoms with Crippen LogP contribution in [0.15, 0.2) is 69.8 Å². The Morgan fingerprint density at radius 1 is 1.22 bits per heavy atom. The summed E-state index contributed by atoms with van der Waals surface area (Å²) in [6.07, 6.45) is 5.20. The lowest BCUT2D eigenvalue weighted by Crippen LogP contribution is -2.43. The Kier molecular flexibility index (Phi) is 6.39. The summed E-state index contributed by atoms with van der Waals surface area (Å²) in [6, 6.07) is 10.4. The van der Waals surface area contributed by atoms with Crippen molar-refractivity contribution >= 4 is 34.9 Å². The van der Waals surface area contributed by atoms with Gasteiger partial charge in [-0.3, -0.25) is 19.1 Å². The maximum atomic E-state index is 13.5. The standard InChI is InChI=1S/C24H23ClN4O2S/c1-4-28(5-2)23(31)20-15(3)27-24-29(21(20)17-8-10-18(25)11-9-17)22(30)19(32-24)13-16-7-6-12-26-14-16/h6-14,21H,4-5H2,1-3H3/b19-13+/t21-/m1/s1. The number of thiazole rings is 1. The minimum Gasteiger partial charge on any atom is -0.339 e. The van der Waals surface area contributed by atoms with Gasteiger partial charge in [0.25, 0.3) is 11.5 Å². The largest absolute Gasteiger partial charge is 0.339 e. The summed E-state index contributed by atoms with van der Waals surface area (Å²) in [5.41, 5.74) is 2.59. The quantitative estimate of drug-likeness (QED) is 0.580. The lowest BCUT2D eigenvalue weighted by atomic mass is 9.94. The van der Waals surface area contributed by atoms with E-state index < -0.39 is 6.04 Å². The van der Waals surface area contributed by atoms with E-state index in [1.807, 2.05) is 45.0 Å². The molecule has 0 unspecified atom stereocenters. The van der Waals surface area contributed by atoms with E-state index in [1.54, 1.807) is 40.1 Å². The smallest absolute Gasteiger partial charge is 0.271 e. The maximum absolute atomic E-state index is 13.5. The molecule has 164 valence electrons. The van der Waals surface area contributed by atoms with Gasteiger partial charge in [-0.05, 0) is 56.2 Å². The van der Waals surface area contributed by atoms with E-state index in [0.29, 0.717) is 38.7 Å². The van der Waals surface area contributed by atoms with Crippen molar-refractivity contribution in [2.45, 2.75) is 26.8 Å². The van der Waals surface area contributed by atoms with Crippen molar-refractivity contribution < 1.29 is 4.79 Å². The third-order valence-corrected chi connectivity index (χ3v) is 6.71. The van der Waals surface area contributed by atoms with Crippen LogP contribution in [-0.2, 0) is 4.79 Å². The lowest BCUT2D eigenvalue weighted by molar-refractivity contribution is -0.127. The summed E-state index contributed by atoms with van der Waals surface area (Å²) < 4.78 is 2.17. The first-order chi connectivity index (χ1) is 15.4. The zero-order chi connectivity index (χ0) is 22.8. The minimum atomic E-state index is -0.576. The topological polar surface area (TPSA) is 67.6 Å². The number of amides is 1. The highest BCUT2D eigenvalue weighted by molar-refractivity contribution is 7.07. The van der Waals surface area contributed by atoms with E-state index >= 15 is 0 Å². The number of aromatic nitrogens is 2. The van der Waals surface area contributed by atoms with Crippen LogP contribution in [0.25, 0.3) is 6.08 Å². The number of pyridine rings is 1. The van der Waals surface area contributed by atoms with E-state index in [4.69, 9.17) is 11.6 Å². The number of allylic oxidation sites excluding steroid dienone is 1. The molecule has 0 saturated heterocycles. The molecule has 8 heteroatoms. The number of carbonyl (C=O) groups excluding carboxylic acids is 1. The summed E-state index contributed by atoms with van der Waals surface area (Å²) in [6.45, 7) is 6.86. The van der Waals surface area contributed by atoms with E-state index in [0.717, 1.165) is 11.1 Å². The SMILES string of the molecule is CCN(CC)C(=O)C1=C(C)N=c2s/c(=C/c3cccnc3)c(=O)n2[C@@H]1c1ccc(Cl)cc1. The van der Waals surface area contributed by atoms with Crippen LogP contribution in [0, 0.1) is 0 Å². The van der Waals surface area contributed by atoms with Crippen molar-refractivity contribution in [1.29, 1.82) is 0 Å². The highest BCUT2D eigenvalue weighted by atomic mass is 35.5. The van der Waals surface area contributed by atoms with Gasteiger partial charge in [-0.25, -0.2) is 4.99 Å². The summed E-state index contributed by atoms with van der Waals surface area (Å²) in [7, 11) is 0. The first kappa shape index (κ1) is 22.2. The van der Waals surface area contributed by atoms with Gasteiger partial charge in [-0.1, -0.05) is 41.1 Å². The number of fused-ring (bicyclic) bond motifs is 1. The number of halogens is 1. The van der Waals surface area contributed by atoms with Gasteiger partial charge < -0.3 is 4.90 Å². The van der Waals surface area contributed by atoms with Crippen molar-refractivity contribution in [2.24, 2.45) is 4.99 Å². The van der Waals surface area contributed by atoms with Gasteiger partial charge in [-0.15, -0.1) is 0 Å². The second-order valence-corrected chi connectivity index (χ2v) is 8.84. The zero-order valence-corrected chi connectivity index (χ0v) is 19.7. The van der Waals surface area contributed by atoms with Crippen molar-refractivity contribution in [3.8, 4) is 0 Å². The summed E-state index contributed by atoms with van der Waals surface area (Å²) in [5, 5.41) is 0.593. The molecule has 0 saturated carbocycles. The number of likely N-dealkylation sites (N-methyl/N-ethyl adjacent to an activating group) is 1. The fraction of sp³-hybridized carbons (Fsp3) is 0.250. The molecule has 1 aliphatic rings. The molecule has 0 fully saturated rings. The fourth-order valence-electron chi connectivity index (χ4n) is 3.85. The molecule has 0 bridgehead atoms. The van der Waals surface area contributed by atoms with Crippen LogP contribution >= 0.6 is 22.9 Å². The van der Waals surface area contributed by atoms with Crippen LogP contribution in [0.4, 0.5) is 0 Å².